The van der Waals surface area contributed by atoms with Crippen molar-refractivity contribution < 1.29 is 18.8 Å². The summed E-state index contributed by atoms with van der Waals surface area (Å²) in [4.78, 5) is 38.0. The lowest BCUT2D eigenvalue weighted by Crippen LogP contribution is -2.36. The normalized spacial score (nSPS) is 16.4. The predicted octanol–water partition coefficient (Wildman–Crippen LogP) is 3.41. The molecule has 1 unspecified atom stereocenters. The Morgan fingerprint density at radius 1 is 1.07 bits per heavy atom. The van der Waals surface area contributed by atoms with Crippen LogP contribution in [0.4, 0.5) is 4.39 Å². The van der Waals surface area contributed by atoms with Gasteiger partial charge in [-0.1, -0.05) is 41.4 Å². The smallest absolute Gasteiger partial charge is 0.291 e. The lowest BCUT2D eigenvalue weighted by atomic mass is 10.1. The van der Waals surface area contributed by atoms with Crippen LogP contribution in [0.2, 0.25) is 10.0 Å². The van der Waals surface area contributed by atoms with E-state index >= 15 is 0 Å². The summed E-state index contributed by atoms with van der Waals surface area (Å²) in [5, 5.41) is 3.68. The van der Waals surface area contributed by atoms with Gasteiger partial charge in [-0.05, 0) is 48.2 Å². The van der Waals surface area contributed by atoms with Crippen molar-refractivity contribution in [3.05, 3.63) is 69.5 Å². The van der Waals surface area contributed by atoms with Crippen molar-refractivity contribution in [1.82, 2.24) is 10.2 Å². The number of rotatable bonds is 7. The first-order valence-electron chi connectivity index (χ1n) is 9.14. The second-order valence-electron chi connectivity index (χ2n) is 6.87. The highest BCUT2D eigenvalue weighted by Crippen LogP contribution is 2.23. The van der Waals surface area contributed by atoms with Crippen LogP contribution >= 0.6 is 23.2 Å². The van der Waals surface area contributed by atoms with Gasteiger partial charge in [0.05, 0.1) is 10.0 Å². The molecule has 1 saturated heterocycles. The van der Waals surface area contributed by atoms with Crippen LogP contribution in [0.3, 0.4) is 0 Å². The minimum atomic E-state index is -1.02. The molecule has 1 atom stereocenters. The lowest BCUT2D eigenvalue weighted by molar-refractivity contribution is -0.142. The summed E-state index contributed by atoms with van der Waals surface area (Å²) in [5.41, 5.74) is 1.68. The number of halogens is 3. The maximum absolute atomic E-state index is 13.0. The third kappa shape index (κ3) is 5.34. The molecular formula is C21H19Cl2FN2O3. The van der Waals surface area contributed by atoms with Crippen LogP contribution in [-0.4, -0.2) is 35.6 Å². The molecule has 2 amide bonds. The van der Waals surface area contributed by atoms with Crippen LogP contribution in [-0.2, 0) is 27.3 Å². The number of Topliss-reactive ketones (excluding diaryl/α,β-unsaturated/α-hetero) is 1. The molecule has 0 radical (unpaired) electrons. The van der Waals surface area contributed by atoms with E-state index in [1.165, 1.54) is 17.0 Å². The van der Waals surface area contributed by atoms with Gasteiger partial charge >= 0.3 is 0 Å². The van der Waals surface area contributed by atoms with Gasteiger partial charge in [-0.3, -0.25) is 14.4 Å². The van der Waals surface area contributed by atoms with Crippen molar-refractivity contribution in [2.24, 2.45) is 5.92 Å². The Hall–Kier alpha value is -2.44. The van der Waals surface area contributed by atoms with E-state index in [0.29, 0.717) is 35.0 Å². The Kier molecular flexibility index (Phi) is 6.87. The maximum atomic E-state index is 13.0. The zero-order valence-electron chi connectivity index (χ0n) is 15.5. The minimum Gasteiger partial charge on any atom is -0.355 e. The Bertz CT molecular complexity index is 934. The molecular weight excluding hydrogens is 418 g/mol. The van der Waals surface area contributed by atoms with E-state index in [1.54, 1.807) is 24.3 Å². The average molecular weight is 437 g/mol. The van der Waals surface area contributed by atoms with Crippen molar-refractivity contribution in [1.29, 1.82) is 0 Å². The molecule has 0 saturated carbocycles. The first kappa shape index (κ1) is 21.3. The van der Waals surface area contributed by atoms with Crippen molar-refractivity contribution in [2.75, 3.05) is 13.1 Å². The van der Waals surface area contributed by atoms with E-state index in [0.717, 1.165) is 5.56 Å². The highest BCUT2D eigenvalue weighted by Gasteiger charge is 2.42. The average Bonchev–Trinajstić information content (AvgIpc) is 2.98. The quantitative estimate of drug-likeness (QED) is 0.410. The fourth-order valence-corrected chi connectivity index (χ4v) is 3.48. The second-order valence-corrected chi connectivity index (χ2v) is 7.69. The first-order chi connectivity index (χ1) is 13.8. The molecule has 2 aromatic carbocycles. The molecule has 3 rings (SSSR count). The fourth-order valence-electron chi connectivity index (χ4n) is 3.16. The maximum Gasteiger partial charge on any atom is 0.291 e. The van der Waals surface area contributed by atoms with Crippen molar-refractivity contribution in [2.45, 2.75) is 19.4 Å². The third-order valence-electron chi connectivity index (χ3n) is 4.75. The number of carbonyl (C=O) groups excluding carboxylic acids is 3. The largest absolute Gasteiger partial charge is 0.355 e. The summed E-state index contributed by atoms with van der Waals surface area (Å²) in [6.07, 6.45) is 1.34. The molecule has 1 N–H and O–H groups in total. The Morgan fingerprint density at radius 3 is 2.45 bits per heavy atom. The fraction of sp³-hybridized carbons (Fsp3) is 0.286. The highest BCUT2D eigenvalue weighted by molar-refractivity contribution is 6.42. The number of nitrogens with one attached hydrogen (secondary N) is 1. The minimum absolute atomic E-state index is 0.0215. The van der Waals surface area contributed by atoms with E-state index in [-0.39, 0.29) is 18.9 Å². The summed E-state index contributed by atoms with van der Waals surface area (Å²) in [6, 6.07) is 11.0. The van der Waals surface area contributed by atoms with Gasteiger partial charge in [0, 0.05) is 19.6 Å². The Balaban J connectivity index is 1.48. The number of nitrogens with zero attached hydrogens (tertiary/aromatic N) is 1. The number of likely N-dealkylation sites (tertiary alicyclic amines) is 1. The molecule has 0 bridgehead atoms. The van der Waals surface area contributed by atoms with Crippen LogP contribution < -0.4 is 5.32 Å². The molecule has 1 aliphatic heterocycles. The van der Waals surface area contributed by atoms with Gasteiger partial charge in [0.2, 0.25) is 11.7 Å². The molecule has 0 aromatic heterocycles. The summed E-state index contributed by atoms with van der Waals surface area (Å²) < 4.78 is 13.0. The summed E-state index contributed by atoms with van der Waals surface area (Å²) in [6.45, 7) is 0.550. The van der Waals surface area contributed by atoms with E-state index in [4.69, 9.17) is 23.2 Å². The van der Waals surface area contributed by atoms with E-state index in [9.17, 15) is 18.8 Å². The summed E-state index contributed by atoms with van der Waals surface area (Å²) in [7, 11) is 0. The topological polar surface area (TPSA) is 66.5 Å². The van der Waals surface area contributed by atoms with Gasteiger partial charge in [-0.15, -0.1) is 0 Å². The number of amides is 2. The van der Waals surface area contributed by atoms with Crippen molar-refractivity contribution in [3.63, 3.8) is 0 Å². The standard InChI is InChI=1S/C21H19Cl2FN2O3/c22-17-8-5-13(10-18(17)23)2-1-9-25-20(28)16-12-26(21(29)19(16)27)11-14-3-6-15(24)7-4-14/h3-8,10,16H,1-2,9,11-12H2,(H,25,28). The van der Waals surface area contributed by atoms with Crippen LogP contribution in [0.1, 0.15) is 17.5 Å². The molecule has 2 aromatic rings. The zero-order valence-corrected chi connectivity index (χ0v) is 17.0. The highest BCUT2D eigenvalue weighted by atomic mass is 35.5. The predicted molar refractivity (Wildman–Crippen MR) is 108 cm³/mol. The second kappa shape index (κ2) is 9.37. The number of hydrogen-bond donors (Lipinski definition) is 1. The molecule has 1 fully saturated rings. The Morgan fingerprint density at radius 2 is 1.76 bits per heavy atom. The molecule has 1 heterocycles. The first-order valence-corrected chi connectivity index (χ1v) is 9.90. The number of hydrogen-bond acceptors (Lipinski definition) is 3. The van der Waals surface area contributed by atoms with Gasteiger partial charge < -0.3 is 10.2 Å². The SMILES string of the molecule is O=C(NCCCc1ccc(Cl)c(Cl)c1)C1CN(Cc2ccc(F)cc2)C(=O)C1=O. The summed E-state index contributed by atoms with van der Waals surface area (Å²) >= 11 is 11.9. The van der Waals surface area contributed by atoms with E-state index in [1.807, 2.05) is 6.07 Å². The molecule has 29 heavy (non-hydrogen) atoms. The molecule has 0 spiro atoms. The van der Waals surface area contributed by atoms with Gasteiger partial charge in [0.25, 0.3) is 5.91 Å². The molecule has 152 valence electrons. The monoisotopic (exact) mass is 436 g/mol. The molecule has 8 heteroatoms. The molecule has 1 aliphatic rings. The summed E-state index contributed by atoms with van der Waals surface area (Å²) in [5.74, 6) is -3.26. The third-order valence-corrected chi connectivity index (χ3v) is 5.49. The van der Waals surface area contributed by atoms with Gasteiger partial charge in [-0.2, -0.15) is 0 Å². The zero-order chi connectivity index (χ0) is 21.0. The van der Waals surface area contributed by atoms with Crippen LogP contribution in [0.15, 0.2) is 42.5 Å². The van der Waals surface area contributed by atoms with E-state index < -0.39 is 23.5 Å². The van der Waals surface area contributed by atoms with Gasteiger partial charge in [-0.25, -0.2) is 4.39 Å². The van der Waals surface area contributed by atoms with Crippen LogP contribution in [0.25, 0.3) is 0 Å². The molecule has 5 nitrogen and oxygen atoms in total. The number of benzene rings is 2. The number of aryl methyl sites for hydroxylation is 1. The van der Waals surface area contributed by atoms with Crippen molar-refractivity contribution in [3.8, 4) is 0 Å². The van der Waals surface area contributed by atoms with Crippen LogP contribution in [0, 0.1) is 11.7 Å². The number of ketones is 1. The van der Waals surface area contributed by atoms with Crippen LogP contribution in [0.5, 0.6) is 0 Å². The molecule has 0 aliphatic carbocycles. The lowest BCUT2D eigenvalue weighted by Gasteiger charge is -2.15. The Labute approximate surface area is 177 Å². The van der Waals surface area contributed by atoms with Gasteiger partial charge in [0.15, 0.2) is 0 Å². The van der Waals surface area contributed by atoms with E-state index in [2.05, 4.69) is 5.32 Å². The number of carbonyl (C=O) groups is 3. The van der Waals surface area contributed by atoms with Gasteiger partial charge in [0.1, 0.15) is 11.7 Å². The van der Waals surface area contributed by atoms with Crippen molar-refractivity contribution >= 4 is 40.8 Å².